The molecule has 0 unspecified atom stereocenters. The van der Waals surface area contributed by atoms with Gasteiger partial charge in [0.15, 0.2) is 0 Å². The summed E-state index contributed by atoms with van der Waals surface area (Å²) in [4.78, 5) is 24.8. The third kappa shape index (κ3) is 14.8. The number of rotatable bonds is 12. The molecule has 8 heteroatoms. The fourth-order valence-electron chi connectivity index (χ4n) is 5.56. The molecule has 3 N–H and O–H groups in total. The maximum atomic E-state index is 12.4. The van der Waals surface area contributed by atoms with Crippen LogP contribution in [0, 0.1) is 0 Å². The molecular weight excluding hydrogens is 673 g/mol. The van der Waals surface area contributed by atoms with Crippen LogP contribution < -0.4 is 0 Å². The van der Waals surface area contributed by atoms with Gasteiger partial charge < -0.3 is 24.8 Å². The molecule has 7 nitrogen and oxygen atoms in total. The van der Waals surface area contributed by atoms with Crippen LogP contribution in [0.15, 0.2) is 54.6 Å². The van der Waals surface area contributed by atoms with Crippen LogP contribution in [0.1, 0.15) is 129 Å². The van der Waals surface area contributed by atoms with E-state index < -0.39 is 0 Å². The average Bonchev–Trinajstić information content (AvgIpc) is 3.01. The number of thioether (sulfide) groups is 1. The lowest BCUT2D eigenvalue weighted by Gasteiger charge is -2.28. The third-order valence-electron chi connectivity index (χ3n) is 8.54. The molecule has 0 fully saturated rings. The van der Waals surface area contributed by atoms with E-state index in [1.165, 1.54) is 0 Å². The Labute approximate surface area is 317 Å². The molecule has 0 radical (unpaired) electrons. The molecule has 0 spiro atoms. The van der Waals surface area contributed by atoms with Crippen LogP contribution in [0.2, 0.25) is 0 Å². The molecule has 0 amide bonds. The van der Waals surface area contributed by atoms with E-state index in [4.69, 9.17) is 14.6 Å². The zero-order chi connectivity index (χ0) is 39.5. The first kappa shape index (κ1) is 44.5. The van der Waals surface area contributed by atoms with Crippen LogP contribution in [0.4, 0.5) is 0 Å². The highest BCUT2D eigenvalue weighted by molar-refractivity contribution is 7.99. The van der Waals surface area contributed by atoms with E-state index in [9.17, 15) is 19.8 Å². The predicted molar refractivity (Wildman–Crippen MR) is 215 cm³/mol. The molecule has 3 aromatic rings. The van der Waals surface area contributed by atoms with Gasteiger partial charge in [-0.3, -0.25) is 9.59 Å². The van der Waals surface area contributed by atoms with Crippen LogP contribution in [-0.4, -0.2) is 52.0 Å². The summed E-state index contributed by atoms with van der Waals surface area (Å²) in [5, 5.41) is 30.5. The van der Waals surface area contributed by atoms with Gasteiger partial charge in [0.2, 0.25) is 0 Å². The van der Waals surface area contributed by atoms with Gasteiger partial charge in [-0.25, -0.2) is 0 Å². The second-order valence-electron chi connectivity index (χ2n) is 17.5. The van der Waals surface area contributed by atoms with Crippen molar-refractivity contribution >= 4 is 23.7 Å². The van der Waals surface area contributed by atoms with Crippen molar-refractivity contribution in [1.82, 2.24) is 0 Å². The van der Waals surface area contributed by atoms with Gasteiger partial charge in [0.25, 0.3) is 0 Å². The molecule has 0 aliphatic rings. The topological polar surface area (TPSA) is 113 Å². The van der Waals surface area contributed by atoms with E-state index in [2.05, 4.69) is 83.1 Å². The number of phenolic OH excluding ortho intramolecular Hbond substituents is 3. The molecule has 0 heterocycles. The number of aromatic hydroxyl groups is 3. The highest BCUT2D eigenvalue weighted by atomic mass is 32.2. The van der Waals surface area contributed by atoms with Crippen molar-refractivity contribution in [2.75, 3.05) is 24.7 Å². The van der Waals surface area contributed by atoms with E-state index in [1.54, 1.807) is 36.0 Å². The van der Waals surface area contributed by atoms with Gasteiger partial charge >= 0.3 is 11.9 Å². The van der Waals surface area contributed by atoms with E-state index >= 15 is 0 Å². The number of para-hydroxylation sites is 1. The number of esters is 2. The van der Waals surface area contributed by atoms with Gasteiger partial charge in [0.1, 0.15) is 30.5 Å². The summed E-state index contributed by atoms with van der Waals surface area (Å²) in [6.07, 6.45) is 1.65. The van der Waals surface area contributed by atoms with E-state index in [-0.39, 0.29) is 46.4 Å². The third-order valence-corrected chi connectivity index (χ3v) is 9.46. The van der Waals surface area contributed by atoms with E-state index in [0.717, 1.165) is 33.4 Å². The lowest BCUT2D eigenvalue weighted by Crippen LogP contribution is -2.18. The fourth-order valence-corrected chi connectivity index (χ4v) is 6.17. The lowest BCUT2D eigenvalue weighted by molar-refractivity contribution is -0.143. The predicted octanol–water partition coefficient (Wildman–Crippen LogP) is 10.1. The van der Waals surface area contributed by atoms with Crippen molar-refractivity contribution in [2.45, 2.75) is 130 Å². The number of carbonyl (C=O) groups is 2. The molecule has 0 atom stereocenters. The Kier molecular flexibility index (Phi) is 16.2. The van der Waals surface area contributed by atoms with Crippen molar-refractivity contribution in [2.24, 2.45) is 0 Å². The molecule has 0 saturated heterocycles. The van der Waals surface area contributed by atoms with Crippen LogP contribution in [-0.2, 0) is 53.6 Å². The summed E-state index contributed by atoms with van der Waals surface area (Å²) in [7, 11) is 0. The first-order valence-electron chi connectivity index (χ1n) is 18.3. The standard InChI is InChI=1S/C38H58O6S.C6H6O/c1-35(2,3)27-21-25(22-28(33(27)41)36(4,5)6)13-15-31(39)43-17-19-45-20-18-44-32(40)16-14-26-23-29(37(7,8)9)34(42)30(24-26)38(10,11)12;7-6-4-2-1-3-5-6/h21-24,41-42H,13-20H2,1-12H3;1-5,7H. The highest BCUT2D eigenvalue weighted by Gasteiger charge is 2.28. The molecule has 0 bridgehead atoms. The van der Waals surface area contributed by atoms with Crippen LogP contribution in [0.25, 0.3) is 0 Å². The van der Waals surface area contributed by atoms with Crippen molar-refractivity contribution in [1.29, 1.82) is 0 Å². The van der Waals surface area contributed by atoms with Crippen LogP contribution in [0.5, 0.6) is 17.2 Å². The molecule has 288 valence electrons. The van der Waals surface area contributed by atoms with Gasteiger partial charge in [-0.15, -0.1) is 0 Å². The van der Waals surface area contributed by atoms with Gasteiger partial charge in [-0.1, -0.05) is 126 Å². The molecule has 0 aliphatic heterocycles. The number of phenols is 3. The van der Waals surface area contributed by atoms with E-state index in [1.807, 2.05) is 30.3 Å². The maximum absolute atomic E-state index is 12.4. The molecule has 0 aromatic heterocycles. The number of aryl methyl sites for hydroxylation is 2. The molecule has 3 rings (SSSR count). The Morgan fingerprint density at radius 2 is 0.846 bits per heavy atom. The van der Waals surface area contributed by atoms with Crippen molar-refractivity contribution in [3.8, 4) is 17.2 Å². The van der Waals surface area contributed by atoms with Crippen LogP contribution in [0.3, 0.4) is 0 Å². The minimum Gasteiger partial charge on any atom is -0.508 e. The van der Waals surface area contributed by atoms with Gasteiger partial charge in [-0.2, -0.15) is 11.8 Å². The molecule has 52 heavy (non-hydrogen) atoms. The van der Waals surface area contributed by atoms with Gasteiger partial charge in [-0.05, 0) is 80.0 Å². The number of ether oxygens (including phenoxy) is 2. The summed E-state index contributed by atoms with van der Waals surface area (Å²) in [5.41, 5.74) is 4.73. The smallest absolute Gasteiger partial charge is 0.306 e. The lowest BCUT2D eigenvalue weighted by atomic mass is 9.78. The Morgan fingerprint density at radius 1 is 0.538 bits per heavy atom. The quantitative estimate of drug-likeness (QED) is 0.124. The Morgan fingerprint density at radius 3 is 1.10 bits per heavy atom. The molecule has 3 aromatic carbocycles. The zero-order valence-electron chi connectivity index (χ0n) is 33.7. The molecule has 0 saturated carbocycles. The SMILES string of the molecule is CC(C)(C)c1cc(CCC(=O)OCCSCCOC(=O)CCc2cc(C(C)(C)C)c(O)c(C(C)(C)C)c2)cc(C(C)(C)C)c1O.Oc1ccccc1. The summed E-state index contributed by atoms with van der Waals surface area (Å²) in [5.74, 6) is 1.76. The molecular formula is C44H64O7S. The zero-order valence-corrected chi connectivity index (χ0v) is 34.6. The van der Waals surface area contributed by atoms with E-state index in [0.29, 0.717) is 54.8 Å². The Bertz CT molecular complexity index is 1430. The number of hydrogen-bond donors (Lipinski definition) is 3. The second-order valence-corrected chi connectivity index (χ2v) is 18.7. The van der Waals surface area contributed by atoms with Gasteiger partial charge in [0, 0.05) is 24.3 Å². The summed E-state index contributed by atoms with van der Waals surface area (Å²) >= 11 is 1.58. The largest absolute Gasteiger partial charge is 0.508 e. The average molecular weight is 737 g/mol. The maximum Gasteiger partial charge on any atom is 0.306 e. The number of benzene rings is 3. The highest BCUT2D eigenvalue weighted by Crippen LogP contribution is 2.41. The first-order valence-corrected chi connectivity index (χ1v) is 19.4. The Balaban J connectivity index is 0.00000119. The summed E-state index contributed by atoms with van der Waals surface area (Å²) < 4.78 is 10.9. The fraction of sp³-hybridized carbons (Fsp3) is 0.545. The minimum atomic E-state index is -0.247. The monoisotopic (exact) mass is 736 g/mol. The van der Waals surface area contributed by atoms with Crippen molar-refractivity contribution < 1.29 is 34.4 Å². The normalized spacial score (nSPS) is 12.2. The summed E-state index contributed by atoms with van der Waals surface area (Å²) in [6, 6.07) is 16.7. The number of carbonyl (C=O) groups excluding carboxylic acids is 2. The summed E-state index contributed by atoms with van der Waals surface area (Å²) in [6.45, 7) is 25.5. The number of hydrogen-bond acceptors (Lipinski definition) is 8. The van der Waals surface area contributed by atoms with Crippen molar-refractivity contribution in [3.05, 3.63) is 88.0 Å². The molecule has 0 aliphatic carbocycles. The second kappa shape index (κ2) is 18.9. The van der Waals surface area contributed by atoms with Gasteiger partial charge in [0.05, 0.1) is 0 Å². The minimum absolute atomic E-state index is 0.217. The van der Waals surface area contributed by atoms with Crippen LogP contribution >= 0.6 is 11.8 Å². The first-order chi connectivity index (χ1) is 23.9. The van der Waals surface area contributed by atoms with Crippen molar-refractivity contribution in [3.63, 3.8) is 0 Å². The Hall–Kier alpha value is -3.65.